The second-order valence-corrected chi connectivity index (χ2v) is 5.59. The Morgan fingerprint density at radius 3 is 2.50 bits per heavy atom. The van der Waals surface area contributed by atoms with Gasteiger partial charge in [-0.2, -0.15) is 11.3 Å². The predicted octanol–water partition coefficient (Wildman–Crippen LogP) is 4.00. The average Bonchev–Trinajstić information content (AvgIpc) is 3.09. The lowest BCUT2D eigenvalue weighted by Crippen LogP contribution is -1.95. The molecule has 0 aliphatic carbocycles. The van der Waals surface area contributed by atoms with Crippen LogP contribution < -0.4 is 5.73 Å². The molecule has 0 saturated heterocycles. The lowest BCUT2D eigenvalue weighted by Gasteiger charge is -1.99. The molecule has 0 atom stereocenters. The van der Waals surface area contributed by atoms with Crippen molar-refractivity contribution in [2.45, 2.75) is 6.54 Å². The molecule has 0 aliphatic heterocycles. The summed E-state index contributed by atoms with van der Waals surface area (Å²) in [5.74, 6) is 0. The zero-order valence-corrected chi connectivity index (χ0v) is 11.3. The van der Waals surface area contributed by atoms with E-state index in [4.69, 9.17) is 5.73 Å². The Morgan fingerprint density at radius 1 is 1.00 bits per heavy atom. The topological polar surface area (TPSA) is 38.9 Å². The van der Waals surface area contributed by atoms with Crippen molar-refractivity contribution in [3.63, 3.8) is 0 Å². The molecule has 0 saturated carbocycles. The first-order valence-corrected chi connectivity index (χ1v) is 7.46. The van der Waals surface area contributed by atoms with Gasteiger partial charge in [0, 0.05) is 28.4 Å². The normalized spacial score (nSPS) is 10.7. The summed E-state index contributed by atoms with van der Waals surface area (Å²) >= 11 is 3.38. The number of thiophene rings is 1. The van der Waals surface area contributed by atoms with Crippen LogP contribution in [0.15, 0.2) is 46.5 Å². The quantitative estimate of drug-likeness (QED) is 0.782. The van der Waals surface area contributed by atoms with Gasteiger partial charge in [-0.3, -0.25) is 0 Å². The predicted molar refractivity (Wildman–Crippen MR) is 78.8 cm³/mol. The van der Waals surface area contributed by atoms with Crippen LogP contribution in [0.1, 0.15) is 5.56 Å². The van der Waals surface area contributed by atoms with Gasteiger partial charge in [0.25, 0.3) is 0 Å². The van der Waals surface area contributed by atoms with Gasteiger partial charge < -0.3 is 5.73 Å². The van der Waals surface area contributed by atoms with Crippen LogP contribution in [0.3, 0.4) is 0 Å². The SMILES string of the molecule is NCc1ccc(-c2csc(-c3ccsc3)n2)cc1. The molecular formula is C14H12N2S2. The summed E-state index contributed by atoms with van der Waals surface area (Å²) in [4.78, 5) is 4.67. The zero-order chi connectivity index (χ0) is 12.4. The maximum atomic E-state index is 5.59. The third-order valence-corrected chi connectivity index (χ3v) is 4.33. The summed E-state index contributed by atoms with van der Waals surface area (Å²) in [5, 5.41) is 7.38. The van der Waals surface area contributed by atoms with E-state index < -0.39 is 0 Å². The molecule has 0 unspecified atom stereocenters. The van der Waals surface area contributed by atoms with Gasteiger partial charge in [-0.05, 0) is 17.0 Å². The maximum Gasteiger partial charge on any atom is 0.124 e. The smallest absolute Gasteiger partial charge is 0.124 e. The minimum absolute atomic E-state index is 0.581. The van der Waals surface area contributed by atoms with Crippen LogP contribution in [0.5, 0.6) is 0 Å². The van der Waals surface area contributed by atoms with E-state index >= 15 is 0 Å². The number of hydrogen-bond donors (Lipinski definition) is 1. The first-order valence-electron chi connectivity index (χ1n) is 5.64. The van der Waals surface area contributed by atoms with Gasteiger partial charge in [0.2, 0.25) is 0 Å². The molecule has 3 aromatic rings. The average molecular weight is 272 g/mol. The molecule has 1 aromatic carbocycles. The molecule has 0 radical (unpaired) electrons. The summed E-state index contributed by atoms with van der Waals surface area (Å²) in [7, 11) is 0. The fraction of sp³-hybridized carbons (Fsp3) is 0.0714. The maximum absolute atomic E-state index is 5.59. The van der Waals surface area contributed by atoms with E-state index in [1.807, 2.05) is 0 Å². The summed E-state index contributed by atoms with van der Waals surface area (Å²) in [6.45, 7) is 0.581. The third kappa shape index (κ3) is 2.22. The van der Waals surface area contributed by atoms with E-state index in [0.29, 0.717) is 6.54 Å². The monoisotopic (exact) mass is 272 g/mol. The van der Waals surface area contributed by atoms with Crippen LogP contribution in [-0.4, -0.2) is 4.98 Å². The van der Waals surface area contributed by atoms with E-state index in [-0.39, 0.29) is 0 Å². The molecule has 3 rings (SSSR count). The highest BCUT2D eigenvalue weighted by Crippen LogP contribution is 2.30. The molecule has 2 N–H and O–H groups in total. The number of hydrogen-bond acceptors (Lipinski definition) is 4. The van der Waals surface area contributed by atoms with Gasteiger partial charge in [-0.25, -0.2) is 4.98 Å². The Bertz CT molecular complexity index is 624. The summed E-state index contributed by atoms with van der Waals surface area (Å²) in [5.41, 5.74) is 10.1. The number of thiazole rings is 1. The Kier molecular flexibility index (Phi) is 3.23. The summed E-state index contributed by atoms with van der Waals surface area (Å²) in [6, 6.07) is 10.4. The molecule has 2 aromatic heterocycles. The zero-order valence-electron chi connectivity index (χ0n) is 9.67. The number of aromatic nitrogens is 1. The molecule has 2 nitrogen and oxygen atoms in total. The van der Waals surface area contributed by atoms with Gasteiger partial charge in [0.15, 0.2) is 0 Å². The van der Waals surface area contributed by atoms with Gasteiger partial charge >= 0.3 is 0 Å². The minimum Gasteiger partial charge on any atom is -0.326 e. The largest absolute Gasteiger partial charge is 0.326 e. The fourth-order valence-corrected chi connectivity index (χ4v) is 3.28. The number of nitrogens with zero attached hydrogens (tertiary/aromatic N) is 1. The van der Waals surface area contributed by atoms with E-state index in [1.165, 1.54) is 5.56 Å². The van der Waals surface area contributed by atoms with Crippen molar-refractivity contribution >= 4 is 22.7 Å². The van der Waals surface area contributed by atoms with Crippen molar-refractivity contribution in [1.82, 2.24) is 4.98 Å². The van der Waals surface area contributed by atoms with Crippen molar-refractivity contribution in [2.24, 2.45) is 5.73 Å². The van der Waals surface area contributed by atoms with E-state index in [9.17, 15) is 0 Å². The molecule has 90 valence electrons. The van der Waals surface area contributed by atoms with Gasteiger partial charge in [-0.15, -0.1) is 11.3 Å². The summed E-state index contributed by atoms with van der Waals surface area (Å²) < 4.78 is 0. The van der Waals surface area contributed by atoms with E-state index in [2.05, 4.69) is 51.5 Å². The molecule has 0 spiro atoms. The van der Waals surface area contributed by atoms with Crippen LogP contribution in [0, 0.1) is 0 Å². The third-order valence-electron chi connectivity index (χ3n) is 2.76. The summed E-state index contributed by atoms with van der Waals surface area (Å²) in [6.07, 6.45) is 0. The first kappa shape index (κ1) is 11.6. The Balaban J connectivity index is 1.92. The van der Waals surface area contributed by atoms with Crippen LogP contribution in [0.4, 0.5) is 0 Å². The van der Waals surface area contributed by atoms with Gasteiger partial charge in [-0.1, -0.05) is 24.3 Å². The Hall–Kier alpha value is -1.49. The van der Waals surface area contributed by atoms with E-state index in [0.717, 1.165) is 21.8 Å². The number of benzene rings is 1. The highest BCUT2D eigenvalue weighted by atomic mass is 32.1. The van der Waals surface area contributed by atoms with Crippen molar-refractivity contribution < 1.29 is 0 Å². The van der Waals surface area contributed by atoms with Crippen LogP contribution >= 0.6 is 22.7 Å². The molecule has 2 heterocycles. The molecule has 0 amide bonds. The lowest BCUT2D eigenvalue weighted by molar-refractivity contribution is 1.07. The standard InChI is InChI=1S/C14H12N2S2/c15-7-10-1-3-11(4-2-10)13-9-18-14(16-13)12-5-6-17-8-12/h1-6,8-9H,7,15H2. The second-order valence-electron chi connectivity index (χ2n) is 3.95. The van der Waals surface area contributed by atoms with Crippen molar-refractivity contribution in [3.8, 4) is 21.8 Å². The molecule has 0 bridgehead atoms. The van der Waals surface area contributed by atoms with Gasteiger partial charge in [0.1, 0.15) is 5.01 Å². The molecular weight excluding hydrogens is 260 g/mol. The van der Waals surface area contributed by atoms with Crippen LogP contribution in [0.25, 0.3) is 21.8 Å². The number of nitrogens with two attached hydrogens (primary N) is 1. The number of rotatable bonds is 3. The first-order chi connectivity index (χ1) is 8.86. The van der Waals surface area contributed by atoms with E-state index in [1.54, 1.807) is 22.7 Å². The van der Waals surface area contributed by atoms with Crippen molar-refractivity contribution in [2.75, 3.05) is 0 Å². The molecule has 18 heavy (non-hydrogen) atoms. The Morgan fingerprint density at radius 2 is 1.83 bits per heavy atom. The lowest BCUT2D eigenvalue weighted by atomic mass is 10.1. The van der Waals surface area contributed by atoms with Crippen LogP contribution in [-0.2, 0) is 6.54 Å². The van der Waals surface area contributed by atoms with Crippen LogP contribution in [0.2, 0.25) is 0 Å². The minimum atomic E-state index is 0.581. The molecule has 4 heteroatoms. The molecule has 0 aliphatic rings. The van der Waals surface area contributed by atoms with Gasteiger partial charge in [0.05, 0.1) is 5.69 Å². The highest BCUT2D eigenvalue weighted by molar-refractivity contribution is 7.14. The second kappa shape index (κ2) is 5.02. The van der Waals surface area contributed by atoms with Crippen molar-refractivity contribution in [3.05, 3.63) is 52.0 Å². The molecule has 0 fully saturated rings. The Labute approximate surface area is 114 Å². The fourth-order valence-electron chi connectivity index (χ4n) is 1.74. The van der Waals surface area contributed by atoms with Crippen molar-refractivity contribution in [1.29, 1.82) is 0 Å². The highest BCUT2D eigenvalue weighted by Gasteiger charge is 2.06.